The van der Waals surface area contributed by atoms with Crippen molar-refractivity contribution in [2.24, 2.45) is 0 Å². The van der Waals surface area contributed by atoms with E-state index in [2.05, 4.69) is 5.32 Å². The quantitative estimate of drug-likeness (QED) is 0.787. The first-order chi connectivity index (χ1) is 12.7. The van der Waals surface area contributed by atoms with Crippen molar-refractivity contribution in [3.8, 4) is 11.5 Å². The van der Waals surface area contributed by atoms with Gasteiger partial charge in [-0.15, -0.1) is 0 Å². The summed E-state index contributed by atoms with van der Waals surface area (Å²) in [6.07, 6.45) is 0. The van der Waals surface area contributed by atoms with Gasteiger partial charge < -0.3 is 14.8 Å². The number of anilines is 1. The summed E-state index contributed by atoms with van der Waals surface area (Å²) in [7, 11) is -1.02. The maximum absolute atomic E-state index is 13.0. The summed E-state index contributed by atoms with van der Waals surface area (Å²) < 4.78 is 37.7. The van der Waals surface area contributed by atoms with Crippen LogP contribution in [0, 0.1) is 0 Å². The minimum Gasteiger partial charge on any atom is -0.496 e. The number of hydrogen-bond donors (Lipinski definition) is 1. The van der Waals surface area contributed by atoms with E-state index in [1.807, 2.05) is 0 Å². The van der Waals surface area contributed by atoms with Gasteiger partial charge in [0.25, 0.3) is 5.91 Å². The lowest BCUT2D eigenvalue weighted by molar-refractivity contribution is -0.118. The van der Waals surface area contributed by atoms with Crippen molar-refractivity contribution in [1.29, 1.82) is 0 Å². The molecule has 0 bridgehead atoms. The number of ether oxygens (including phenoxy) is 2. The highest BCUT2D eigenvalue weighted by Crippen LogP contribution is 2.37. The van der Waals surface area contributed by atoms with Crippen LogP contribution in [0.2, 0.25) is 10.0 Å². The maximum atomic E-state index is 13.0. The summed E-state index contributed by atoms with van der Waals surface area (Å²) in [6, 6.07) is 7.62. The maximum Gasteiger partial charge on any atom is 0.262 e. The van der Waals surface area contributed by atoms with Crippen LogP contribution in [0.5, 0.6) is 11.5 Å². The Labute approximate surface area is 166 Å². The van der Waals surface area contributed by atoms with Gasteiger partial charge in [0.05, 0.1) is 17.8 Å². The number of hydrogen-bond acceptors (Lipinski definition) is 5. The number of carbonyl (C=O) groups is 1. The van der Waals surface area contributed by atoms with Crippen molar-refractivity contribution in [2.45, 2.75) is 11.4 Å². The molecule has 0 aromatic heterocycles. The fraction of sp³-hybridized carbons (Fsp3) is 0.235. The third-order valence-electron chi connectivity index (χ3n) is 3.99. The molecule has 2 aromatic carbocycles. The Hall–Kier alpha value is -2.00. The molecule has 0 saturated heterocycles. The number of sulfonamides is 1. The van der Waals surface area contributed by atoms with Crippen LogP contribution in [0.15, 0.2) is 35.2 Å². The van der Waals surface area contributed by atoms with Crippen molar-refractivity contribution in [1.82, 2.24) is 4.31 Å². The fourth-order valence-electron chi connectivity index (χ4n) is 2.64. The van der Waals surface area contributed by atoms with E-state index < -0.39 is 10.0 Å². The first-order valence-electron chi connectivity index (χ1n) is 7.77. The summed E-state index contributed by atoms with van der Waals surface area (Å²) in [6.45, 7) is -0.166. The predicted octanol–water partition coefficient (Wildman–Crippen LogP) is 3.15. The third-order valence-corrected chi connectivity index (χ3v) is 6.49. The number of methoxy groups -OCH3 is 1. The Morgan fingerprint density at radius 2 is 2.00 bits per heavy atom. The van der Waals surface area contributed by atoms with Crippen molar-refractivity contribution >= 4 is 44.8 Å². The third kappa shape index (κ3) is 3.98. The molecule has 144 valence electrons. The highest BCUT2D eigenvalue weighted by molar-refractivity contribution is 7.89. The second-order valence-corrected chi connectivity index (χ2v) is 8.69. The molecule has 27 heavy (non-hydrogen) atoms. The van der Waals surface area contributed by atoms with Crippen LogP contribution < -0.4 is 14.8 Å². The Kier molecular flexibility index (Phi) is 5.53. The normalized spacial score (nSPS) is 13.7. The molecule has 0 saturated carbocycles. The van der Waals surface area contributed by atoms with Crippen LogP contribution in [0.3, 0.4) is 0 Å². The van der Waals surface area contributed by atoms with E-state index in [1.165, 1.54) is 26.3 Å². The summed E-state index contributed by atoms with van der Waals surface area (Å²) in [4.78, 5) is 11.3. The van der Waals surface area contributed by atoms with Crippen LogP contribution >= 0.6 is 23.2 Å². The molecule has 0 unspecified atom stereocenters. The summed E-state index contributed by atoms with van der Waals surface area (Å²) in [5.74, 6) is 0.426. The van der Waals surface area contributed by atoms with Gasteiger partial charge in [0.1, 0.15) is 16.4 Å². The molecule has 1 heterocycles. The molecule has 1 aliphatic rings. The Bertz CT molecular complexity index is 1010. The van der Waals surface area contributed by atoms with Crippen molar-refractivity contribution < 1.29 is 22.7 Å². The van der Waals surface area contributed by atoms with Gasteiger partial charge >= 0.3 is 0 Å². The largest absolute Gasteiger partial charge is 0.496 e. The van der Waals surface area contributed by atoms with Gasteiger partial charge in [-0.2, -0.15) is 4.31 Å². The highest BCUT2D eigenvalue weighted by atomic mass is 35.5. The molecular formula is C17H16Cl2N2O5S. The number of nitrogens with zero attached hydrogens (tertiary/aromatic N) is 1. The zero-order valence-electron chi connectivity index (χ0n) is 14.5. The summed E-state index contributed by atoms with van der Waals surface area (Å²) >= 11 is 12.2. The number of rotatable bonds is 5. The van der Waals surface area contributed by atoms with Gasteiger partial charge in [-0.3, -0.25) is 4.79 Å². The van der Waals surface area contributed by atoms with E-state index >= 15 is 0 Å². The number of benzene rings is 2. The van der Waals surface area contributed by atoms with Gasteiger partial charge in [-0.1, -0.05) is 23.2 Å². The Balaban J connectivity index is 1.95. The van der Waals surface area contributed by atoms with Gasteiger partial charge in [-0.25, -0.2) is 8.42 Å². The highest BCUT2D eigenvalue weighted by Gasteiger charge is 2.28. The molecule has 1 aliphatic heterocycles. The summed E-state index contributed by atoms with van der Waals surface area (Å²) in [5.41, 5.74) is 0.933. The van der Waals surface area contributed by atoms with Crippen molar-refractivity contribution in [3.05, 3.63) is 45.9 Å². The van der Waals surface area contributed by atoms with E-state index in [-0.39, 0.29) is 34.7 Å². The smallest absolute Gasteiger partial charge is 0.262 e. The molecule has 2 aromatic rings. The topological polar surface area (TPSA) is 84.9 Å². The lowest BCUT2D eigenvalue weighted by Gasteiger charge is -2.22. The van der Waals surface area contributed by atoms with Gasteiger partial charge in [0.2, 0.25) is 10.0 Å². The molecule has 0 aliphatic carbocycles. The van der Waals surface area contributed by atoms with Gasteiger partial charge in [-0.05, 0) is 24.3 Å². The van der Waals surface area contributed by atoms with E-state index in [1.54, 1.807) is 18.2 Å². The minimum atomic E-state index is -3.94. The average Bonchev–Trinajstić information content (AvgIpc) is 2.61. The standard InChI is InChI=1S/C17H16Cl2N2O5S/c1-21(8-10-5-11(18)3-4-14(10)25-2)27(23,24)16-7-15-13(6-12(16)19)20-17(22)9-26-15/h3-7H,8-9H2,1-2H3,(H,20,22). The molecule has 7 nitrogen and oxygen atoms in total. The van der Waals surface area contributed by atoms with Gasteiger partial charge in [0, 0.05) is 30.2 Å². The first-order valence-corrected chi connectivity index (χ1v) is 9.97. The molecule has 1 N–H and O–H groups in total. The van der Waals surface area contributed by atoms with Crippen LogP contribution in [-0.4, -0.2) is 39.4 Å². The molecule has 10 heteroatoms. The Morgan fingerprint density at radius 1 is 1.26 bits per heavy atom. The predicted molar refractivity (Wildman–Crippen MR) is 102 cm³/mol. The molecule has 0 fully saturated rings. The molecular weight excluding hydrogens is 415 g/mol. The number of carbonyl (C=O) groups excluding carboxylic acids is 1. The van der Waals surface area contributed by atoms with Crippen LogP contribution in [-0.2, 0) is 21.4 Å². The van der Waals surface area contributed by atoms with E-state index in [0.29, 0.717) is 22.0 Å². The number of nitrogens with one attached hydrogen (secondary N) is 1. The van der Waals surface area contributed by atoms with Crippen LogP contribution in [0.4, 0.5) is 5.69 Å². The second-order valence-electron chi connectivity index (χ2n) is 5.83. The van der Waals surface area contributed by atoms with Crippen LogP contribution in [0.25, 0.3) is 0 Å². The molecule has 0 atom stereocenters. The lowest BCUT2D eigenvalue weighted by Crippen LogP contribution is -2.28. The second kappa shape index (κ2) is 7.55. The zero-order chi connectivity index (χ0) is 19.8. The van der Waals surface area contributed by atoms with E-state index in [9.17, 15) is 13.2 Å². The number of amides is 1. The zero-order valence-corrected chi connectivity index (χ0v) is 16.8. The fourth-order valence-corrected chi connectivity index (χ4v) is 4.50. The molecule has 3 rings (SSSR count). The van der Waals surface area contributed by atoms with Crippen molar-refractivity contribution in [3.63, 3.8) is 0 Å². The van der Waals surface area contributed by atoms with Crippen LogP contribution in [0.1, 0.15) is 5.56 Å². The molecule has 1 amide bonds. The monoisotopic (exact) mass is 430 g/mol. The lowest BCUT2D eigenvalue weighted by atomic mass is 10.2. The first kappa shape index (κ1) is 19.8. The number of fused-ring (bicyclic) bond motifs is 1. The SMILES string of the molecule is COc1ccc(Cl)cc1CN(C)S(=O)(=O)c1cc2c(cc1Cl)NC(=O)CO2. The molecule has 0 radical (unpaired) electrons. The molecule has 0 spiro atoms. The van der Waals surface area contributed by atoms with Crippen molar-refractivity contribution in [2.75, 3.05) is 26.1 Å². The Morgan fingerprint density at radius 3 is 2.70 bits per heavy atom. The number of halogens is 2. The van der Waals surface area contributed by atoms with E-state index in [0.717, 1.165) is 4.31 Å². The van der Waals surface area contributed by atoms with E-state index in [4.69, 9.17) is 32.7 Å². The average molecular weight is 431 g/mol. The summed E-state index contributed by atoms with van der Waals surface area (Å²) in [5, 5.41) is 3.02. The van der Waals surface area contributed by atoms with Gasteiger partial charge in [0.15, 0.2) is 6.61 Å². The minimum absolute atomic E-state index is 0.0236.